The van der Waals surface area contributed by atoms with Gasteiger partial charge in [-0.25, -0.2) is 9.50 Å². The second-order valence-electron chi connectivity index (χ2n) is 2.85. The average molecular weight is 177 g/mol. The molecule has 0 spiro atoms. The van der Waals surface area contributed by atoms with Gasteiger partial charge in [-0.1, -0.05) is 6.92 Å². The zero-order chi connectivity index (χ0) is 9.26. The second-order valence-corrected chi connectivity index (χ2v) is 2.85. The minimum Gasteiger partial charge on any atom is -0.390 e. The van der Waals surface area contributed by atoms with Crippen molar-refractivity contribution in [2.24, 2.45) is 0 Å². The Morgan fingerprint density at radius 1 is 1.46 bits per heavy atom. The number of aromatic nitrogens is 3. The smallest absolute Gasteiger partial charge is 0.148 e. The van der Waals surface area contributed by atoms with Crippen LogP contribution in [0.15, 0.2) is 18.3 Å². The Balaban J connectivity index is 2.64. The SMILES string of the molecule is CCc1ncc2ccc(CO)n2n1. The van der Waals surface area contributed by atoms with E-state index < -0.39 is 0 Å². The number of hydrogen-bond acceptors (Lipinski definition) is 3. The van der Waals surface area contributed by atoms with Crippen LogP contribution in [0.5, 0.6) is 0 Å². The molecule has 0 fully saturated rings. The molecule has 0 aromatic carbocycles. The summed E-state index contributed by atoms with van der Waals surface area (Å²) in [4.78, 5) is 4.16. The first-order chi connectivity index (χ1) is 6.35. The topological polar surface area (TPSA) is 50.4 Å². The molecule has 0 amide bonds. The van der Waals surface area contributed by atoms with Crippen molar-refractivity contribution in [3.63, 3.8) is 0 Å². The van der Waals surface area contributed by atoms with Crippen LogP contribution in [0.2, 0.25) is 0 Å². The predicted octanol–water partition coefficient (Wildman–Crippen LogP) is 0.784. The number of fused-ring (bicyclic) bond motifs is 1. The first-order valence-corrected chi connectivity index (χ1v) is 4.28. The molecule has 2 aromatic heterocycles. The van der Waals surface area contributed by atoms with Crippen LogP contribution >= 0.6 is 0 Å². The van der Waals surface area contributed by atoms with Crippen molar-refractivity contribution >= 4 is 5.52 Å². The van der Waals surface area contributed by atoms with Crippen LogP contribution in [0.1, 0.15) is 18.4 Å². The number of aliphatic hydroxyl groups is 1. The van der Waals surface area contributed by atoms with E-state index in [1.54, 1.807) is 10.7 Å². The van der Waals surface area contributed by atoms with Gasteiger partial charge in [-0.15, -0.1) is 0 Å². The maximum atomic E-state index is 9.01. The van der Waals surface area contributed by atoms with Crippen molar-refractivity contribution < 1.29 is 5.11 Å². The minimum atomic E-state index is 0.00827. The Hall–Kier alpha value is -1.42. The lowest BCUT2D eigenvalue weighted by atomic mass is 10.4. The Morgan fingerprint density at radius 3 is 3.00 bits per heavy atom. The molecule has 0 aliphatic carbocycles. The van der Waals surface area contributed by atoms with Crippen LogP contribution in [0.4, 0.5) is 0 Å². The molecule has 0 radical (unpaired) electrons. The van der Waals surface area contributed by atoms with E-state index in [2.05, 4.69) is 10.1 Å². The Labute approximate surface area is 75.8 Å². The summed E-state index contributed by atoms with van der Waals surface area (Å²) in [7, 11) is 0. The minimum absolute atomic E-state index is 0.00827. The van der Waals surface area contributed by atoms with Crippen molar-refractivity contribution in [3.8, 4) is 0 Å². The number of aryl methyl sites for hydroxylation is 1. The number of aliphatic hydroxyl groups excluding tert-OH is 1. The van der Waals surface area contributed by atoms with Crippen molar-refractivity contribution in [1.82, 2.24) is 14.6 Å². The average Bonchev–Trinajstić information content (AvgIpc) is 2.59. The molecule has 0 atom stereocenters. The van der Waals surface area contributed by atoms with Gasteiger partial charge in [0.05, 0.1) is 24.0 Å². The normalized spacial score (nSPS) is 10.9. The van der Waals surface area contributed by atoms with E-state index in [1.165, 1.54) is 0 Å². The summed E-state index contributed by atoms with van der Waals surface area (Å²) in [6, 6.07) is 3.74. The summed E-state index contributed by atoms with van der Waals surface area (Å²) in [5.41, 5.74) is 1.72. The van der Waals surface area contributed by atoms with E-state index in [-0.39, 0.29) is 6.61 Å². The van der Waals surface area contributed by atoms with Crippen LogP contribution in [-0.4, -0.2) is 19.7 Å². The van der Waals surface area contributed by atoms with Gasteiger partial charge in [0.15, 0.2) is 0 Å². The van der Waals surface area contributed by atoms with Crippen LogP contribution in [-0.2, 0) is 13.0 Å². The van der Waals surface area contributed by atoms with Gasteiger partial charge in [0, 0.05) is 6.42 Å². The van der Waals surface area contributed by atoms with Crippen LogP contribution < -0.4 is 0 Å². The fourth-order valence-corrected chi connectivity index (χ4v) is 1.27. The number of hydrogen-bond donors (Lipinski definition) is 1. The maximum Gasteiger partial charge on any atom is 0.148 e. The molecule has 2 heterocycles. The van der Waals surface area contributed by atoms with E-state index >= 15 is 0 Å². The molecule has 0 aliphatic heterocycles. The molecule has 4 nitrogen and oxygen atoms in total. The van der Waals surface area contributed by atoms with Gasteiger partial charge in [0.2, 0.25) is 0 Å². The van der Waals surface area contributed by atoms with Gasteiger partial charge >= 0.3 is 0 Å². The highest BCUT2D eigenvalue weighted by molar-refractivity contribution is 5.45. The third kappa shape index (κ3) is 1.29. The second kappa shape index (κ2) is 3.14. The lowest BCUT2D eigenvalue weighted by Crippen LogP contribution is -2.02. The van der Waals surface area contributed by atoms with Crippen LogP contribution in [0.25, 0.3) is 5.52 Å². The van der Waals surface area contributed by atoms with E-state index in [4.69, 9.17) is 5.11 Å². The molecular weight excluding hydrogens is 166 g/mol. The molecule has 0 unspecified atom stereocenters. The molecule has 0 saturated carbocycles. The molecule has 68 valence electrons. The zero-order valence-corrected chi connectivity index (χ0v) is 7.44. The number of nitrogens with zero attached hydrogens (tertiary/aromatic N) is 3. The van der Waals surface area contributed by atoms with E-state index in [0.29, 0.717) is 0 Å². The first kappa shape index (κ1) is 8.19. The van der Waals surface area contributed by atoms with Crippen molar-refractivity contribution in [2.75, 3.05) is 0 Å². The van der Waals surface area contributed by atoms with E-state index in [1.807, 2.05) is 19.1 Å². The zero-order valence-electron chi connectivity index (χ0n) is 7.44. The molecule has 0 aliphatic rings. The standard InChI is InChI=1S/C9H11N3O/c1-2-9-10-5-7-3-4-8(6-13)12(7)11-9/h3-5,13H,2,6H2,1H3. The van der Waals surface area contributed by atoms with Crippen LogP contribution in [0.3, 0.4) is 0 Å². The van der Waals surface area contributed by atoms with Gasteiger partial charge in [-0.05, 0) is 12.1 Å². The molecule has 1 N–H and O–H groups in total. The molecule has 2 aromatic rings. The van der Waals surface area contributed by atoms with E-state index in [9.17, 15) is 0 Å². The summed E-state index contributed by atoms with van der Waals surface area (Å²) >= 11 is 0. The molecule has 2 rings (SSSR count). The van der Waals surface area contributed by atoms with Crippen LogP contribution in [0, 0.1) is 0 Å². The highest BCUT2D eigenvalue weighted by atomic mass is 16.3. The third-order valence-electron chi connectivity index (χ3n) is 2.00. The summed E-state index contributed by atoms with van der Waals surface area (Å²) in [6.45, 7) is 2.01. The lowest BCUT2D eigenvalue weighted by Gasteiger charge is -1.99. The fraction of sp³-hybridized carbons (Fsp3) is 0.333. The monoisotopic (exact) mass is 177 g/mol. The molecule has 0 saturated heterocycles. The first-order valence-electron chi connectivity index (χ1n) is 4.28. The molecule has 0 bridgehead atoms. The quantitative estimate of drug-likeness (QED) is 0.737. The number of rotatable bonds is 2. The van der Waals surface area contributed by atoms with Gasteiger partial charge in [-0.2, -0.15) is 5.10 Å². The molecular formula is C9H11N3O. The van der Waals surface area contributed by atoms with Crippen molar-refractivity contribution in [2.45, 2.75) is 20.0 Å². The largest absolute Gasteiger partial charge is 0.390 e. The van der Waals surface area contributed by atoms with Gasteiger partial charge in [0.1, 0.15) is 5.82 Å². The van der Waals surface area contributed by atoms with Gasteiger partial charge < -0.3 is 5.11 Å². The Kier molecular flexibility index (Phi) is 1.98. The fourth-order valence-electron chi connectivity index (χ4n) is 1.27. The highest BCUT2D eigenvalue weighted by Gasteiger charge is 2.02. The van der Waals surface area contributed by atoms with Gasteiger partial charge in [-0.3, -0.25) is 0 Å². The highest BCUT2D eigenvalue weighted by Crippen LogP contribution is 2.07. The van der Waals surface area contributed by atoms with Crippen molar-refractivity contribution in [3.05, 3.63) is 29.8 Å². The third-order valence-corrected chi connectivity index (χ3v) is 2.00. The van der Waals surface area contributed by atoms with Crippen molar-refractivity contribution in [1.29, 1.82) is 0 Å². The lowest BCUT2D eigenvalue weighted by molar-refractivity contribution is 0.274. The summed E-state index contributed by atoms with van der Waals surface area (Å²) < 4.78 is 1.73. The summed E-state index contributed by atoms with van der Waals surface area (Å²) in [6.07, 6.45) is 2.57. The Morgan fingerprint density at radius 2 is 2.31 bits per heavy atom. The van der Waals surface area contributed by atoms with Gasteiger partial charge in [0.25, 0.3) is 0 Å². The summed E-state index contributed by atoms with van der Waals surface area (Å²) in [5, 5.41) is 13.3. The van der Waals surface area contributed by atoms with E-state index in [0.717, 1.165) is 23.5 Å². The maximum absolute atomic E-state index is 9.01. The predicted molar refractivity (Wildman–Crippen MR) is 48.3 cm³/mol. The summed E-state index contributed by atoms with van der Waals surface area (Å²) in [5.74, 6) is 0.790. The Bertz CT molecular complexity index is 422. The molecule has 4 heteroatoms. The molecule has 13 heavy (non-hydrogen) atoms.